The zero-order chi connectivity index (χ0) is 14.5. The molecule has 108 valence electrons. The van der Waals surface area contributed by atoms with E-state index in [-0.39, 0.29) is 5.75 Å². The molecule has 0 bridgehead atoms. The van der Waals surface area contributed by atoms with Crippen LogP contribution in [0.5, 0.6) is 11.5 Å². The van der Waals surface area contributed by atoms with Crippen molar-refractivity contribution in [3.8, 4) is 11.5 Å². The first kappa shape index (κ1) is 14.4. The molecule has 0 radical (unpaired) electrons. The van der Waals surface area contributed by atoms with Gasteiger partial charge < -0.3 is 15.2 Å². The Bertz CT molecular complexity index is 578. The molecule has 0 amide bonds. The summed E-state index contributed by atoms with van der Waals surface area (Å²) in [7, 11) is 1.92. The number of hydrogen-bond acceptors (Lipinski definition) is 4. The van der Waals surface area contributed by atoms with Gasteiger partial charge in [0.1, 0.15) is 0 Å². The predicted octanol–water partition coefficient (Wildman–Crippen LogP) is 2.12. The summed E-state index contributed by atoms with van der Waals surface area (Å²) < 4.78 is 7.19. The average Bonchev–Trinajstić information content (AvgIpc) is 2.72. The molecule has 0 unspecified atom stereocenters. The van der Waals surface area contributed by atoms with Crippen molar-refractivity contribution in [3.05, 3.63) is 41.2 Å². The van der Waals surface area contributed by atoms with Crippen LogP contribution in [0.25, 0.3) is 0 Å². The van der Waals surface area contributed by atoms with Crippen molar-refractivity contribution in [2.75, 3.05) is 6.61 Å². The second kappa shape index (κ2) is 6.43. The Labute approximate surface area is 119 Å². The van der Waals surface area contributed by atoms with Gasteiger partial charge in [0.2, 0.25) is 0 Å². The topological polar surface area (TPSA) is 59.3 Å². The molecule has 2 rings (SSSR count). The third-order valence-electron chi connectivity index (χ3n) is 3.08. The average molecular weight is 275 g/mol. The van der Waals surface area contributed by atoms with Crippen LogP contribution < -0.4 is 10.1 Å². The molecule has 2 N–H and O–H groups in total. The smallest absolute Gasteiger partial charge is 0.161 e. The van der Waals surface area contributed by atoms with E-state index in [4.69, 9.17) is 4.74 Å². The third kappa shape index (κ3) is 3.51. The van der Waals surface area contributed by atoms with E-state index in [0.29, 0.717) is 18.9 Å². The van der Waals surface area contributed by atoms with Crippen molar-refractivity contribution >= 4 is 0 Å². The minimum absolute atomic E-state index is 0.179. The lowest BCUT2D eigenvalue weighted by molar-refractivity contribution is 0.317. The number of nitrogens with one attached hydrogen (secondary N) is 1. The lowest BCUT2D eigenvalue weighted by Crippen LogP contribution is -2.13. The molecule has 2 aromatic rings. The van der Waals surface area contributed by atoms with Crippen molar-refractivity contribution in [2.45, 2.75) is 26.9 Å². The molecule has 1 aromatic heterocycles. The number of phenolic OH excluding ortho intramolecular Hbond substituents is 1. The first-order valence-corrected chi connectivity index (χ1v) is 6.74. The number of phenols is 1. The highest BCUT2D eigenvalue weighted by atomic mass is 16.5. The fraction of sp³-hybridized carbons (Fsp3) is 0.400. The Morgan fingerprint density at radius 2 is 2.15 bits per heavy atom. The van der Waals surface area contributed by atoms with E-state index in [9.17, 15) is 5.11 Å². The largest absolute Gasteiger partial charge is 0.504 e. The molecule has 0 aliphatic rings. The Kier molecular flexibility index (Phi) is 4.63. The summed E-state index contributed by atoms with van der Waals surface area (Å²) in [5, 5.41) is 17.3. The molecule has 5 nitrogen and oxygen atoms in total. The summed E-state index contributed by atoms with van der Waals surface area (Å²) in [6, 6.07) is 5.42. The van der Waals surface area contributed by atoms with Crippen molar-refractivity contribution in [1.82, 2.24) is 15.1 Å². The summed E-state index contributed by atoms with van der Waals surface area (Å²) in [6.45, 7) is 5.93. The molecule has 0 atom stereocenters. The number of ether oxygens (including phenoxy) is 1. The van der Waals surface area contributed by atoms with E-state index in [0.717, 1.165) is 17.8 Å². The third-order valence-corrected chi connectivity index (χ3v) is 3.08. The lowest BCUT2D eigenvalue weighted by atomic mass is 10.2. The number of aromatic hydroxyl groups is 1. The maximum absolute atomic E-state index is 9.65. The van der Waals surface area contributed by atoms with Gasteiger partial charge in [-0.25, -0.2) is 0 Å². The Hall–Kier alpha value is -2.01. The number of benzene rings is 1. The van der Waals surface area contributed by atoms with Gasteiger partial charge >= 0.3 is 0 Å². The van der Waals surface area contributed by atoms with Gasteiger partial charge in [-0.05, 0) is 31.5 Å². The van der Waals surface area contributed by atoms with Gasteiger partial charge in [-0.3, -0.25) is 4.68 Å². The molecule has 1 aromatic carbocycles. The minimum atomic E-state index is 0.179. The van der Waals surface area contributed by atoms with E-state index < -0.39 is 0 Å². The van der Waals surface area contributed by atoms with Gasteiger partial charge in [0.15, 0.2) is 11.5 Å². The zero-order valence-electron chi connectivity index (χ0n) is 12.2. The predicted molar refractivity (Wildman–Crippen MR) is 77.8 cm³/mol. The highest BCUT2D eigenvalue weighted by Crippen LogP contribution is 2.26. The van der Waals surface area contributed by atoms with E-state index >= 15 is 0 Å². The lowest BCUT2D eigenvalue weighted by Gasteiger charge is -2.09. The standard InChI is InChI=1S/C15H21N3O2/c1-4-20-15-7-12(5-6-14(15)19)8-16-9-13-10-18(3)17-11(13)2/h5-7,10,16,19H,4,8-9H2,1-3H3. The highest BCUT2D eigenvalue weighted by molar-refractivity contribution is 5.41. The van der Waals surface area contributed by atoms with Crippen LogP contribution in [0.2, 0.25) is 0 Å². The molecular weight excluding hydrogens is 254 g/mol. The summed E-state index contributed by atoms with van der Waals surface area (Å²) in [5.41, 5.74) is 3.31. The van der Waals surface area contributed by atoms with Crippen LogP contribution in [-0.2, 0) is 20.1 Å². The first-order chi connectivity index (χ1) is 9.60. The monoisotopic (exact) mass is 275 g/mol. The number of hydrogen-bond donors (Lipinski definition) is 2. The van der Waals surface area contributed by atoms with Crippen molar-refractivity contribution < 1.29 is 9.84 Å². The van der Waals surface area contributed by atoms with Gasteiger partial charge in [-0.15, -0.1) is 0 Å². The van der Waals surface area contributed by atoms with Crippen LogP contribution >= 0.6 is 0 Å². The maximum Gasteiger partial charge on any atom is 0.161 e. The van der Waals surface area contributed by atoms with Crippen molar-refractivity contribution in [3.63, 3.8) is 0 Å². The molecule has 0 saturated carbocycles. The highest BCUT2D eigenvalue weighted by Gasteiger charge is 2.05. The van der Waals surface area contributed by atoms with E-state index in [2.05, 4.69) is 10.4 Å². The number of aryl methyl sites for hydroxylation is 2. The second-order valence-electron chi connectivity index (χ2n) is 4.75. The van der Waals surface area contributed by atoms with Crippen LogP contribution in [0.1, 0.15) is 23.7 Å². The zero-order valence-corrected chi connectivity index (χ0v) is 12.2. The number of rotatable bonds is 6. The molecule has 20 heavy (non-hydrogen) atoms. The minimum Gasteiger partial charge on any atom is -0.504 e. The van der Waals surface area contributed by atoms with E-state index in [1.54, 1.807) is 6.07 Å². The summed E-state index contributed by atoms with van der Waals surface area (Å²) in [4.78, 5) is 0. The van der Waals surface area contributed by atoms with E-state index in [1.807, 2.05) is 43.9 Å². The van der Waals surface area contributed by atoms with Crippen LogP contribution in [0.4, 0.5) is 0 Å². The fourth-order valence-corrected chi connectivity index (χ4v) is 2.10. The van der Waals surface area contributed by atoms with Gasteiger partial charge in [0, 0.05) is 31.9 Å². The van der Waals surface area contributed by atoms with Crippen LogP contribution in [-0.4, -0.2) is 21.5 Å². The second-order valence-corrected chi connectivity index (χ2v) is 4.75. The first-order valence-electron chi connectivity index (χ1n) is 6.74. The normalized spacial score (nSPS) is 10.8. The molecule has 1 heterocycles. The molecular formula is C15H21N3O2. The van der Waals surface area contributed by atoms with E-state index in [1.165, 1.54) is 5.56 Å². The van der Waals surface area contributed by atoms with Crippen molar-refractivity contribution in [2.24, 2.45) is 7.05 Å². The Morgan fingerprint density at radius 3 is 2.80 bits per heavy atom. The van der Waals surface area contributed by atoms with Gasteiger partial charge in [0.25, 0.3) is 0 Å². The van der Waals surface area contributed by atoms with Crippen LogP contribution in [0, 0.1) is 6.92 Å². The molecule has 0 saturated heterocycles. The Balaban J connectivity index is 1.94. The molecule has 0 aliphatic carbocycles. The number of nitrogens with zero attached hydrogens (tertiary/aromatic N) is 2. The molecule has 0 fully saturated rings. The fourth-order valence-electron chi connectivity index (χ4n) is 2.10. The van der Waals surface area contributed by atoms with Crippen molar-refractivity contribution in [1.29, 1.82) is 0 Å². The van der Waals surface area contributed by atoms with Crippen LogP contribution in [0.3, 0.4) is 0 Å². The van der Waals surface area contributed by atoms with Gasteiger partial charge in [0.05, 0.1) is 12.3 Å². The van der Waals surface area contributed by atoms with Gasteiger partial charge in [-0.2, -0.15) is 5.10 Å². The summed E-state index contributed by atoms with van der Waals surface area (Å²) in [6.07, 6.45) is 2.02. The Morgan fingerprint density at radius 1 is 1.35 bits per heavy atom. The number of aromatic nitrogens is 2. The maximum atomic E-state index is 9.65. The molecule has 5 heteroatoms. The van der Waals surface area contributed by atoms with Gasteiger partial charge in [-0.1, -0.05) is 6.07 Å². The van der Waals surface area contributed by atoms with Crippen LogP contribution in [0.15, 0.2) is 24.4 Å². The summed E-state index contributed by atoms with van der Waals surface area (Å²) in [5.74, 6) is 0.711. The quantitative estimate of drug-likeness (QED) is 0.848. The summed E-state index contributed by atoms with van der Waals surface area (Å²) >= 11 is 0. The molecule has 0 aliphatic heterocycles. The SMILES string of the molecule is CCOc1cc(CNCc2cn(C)nc2C)ccc1O. The molecule has 0 spiro atoms.